The van der Waals surface area contributed by atoms with Gasteiger partial charge in [-0.15, -0.1) is 6.58 Å². The molecule has 0 unspecified atom stereocenters. The summed E-state index contributed by atoms with van der Waals surface area (Å²) in [6, 6.07) is 7.75. The van der Waals surface area contributed by atoms with Crippen LogP contribution in [-0.4, -0.2) is 13.7 Å². The van der Waals surface area contributed by atoms with Crippen molar-refractivity contribution < 1.29 is 9.57 Å². The van der Waals surface area contributed by atoms with E-state index in [1.54, 1.807) is 13.2 Å². The number of hydrogen-bond donors (Lipinski definition) is 1. The van der Waals surface area contributed by atoms with Gasteiger partial charge >= 0.3 is 0 Å². The minimum absolute atomic E-state index is 0.540. The topological polar surface area (TPSA) is 30.5 Å². The fourth-order valence-electron chi connectivity index (χ4n) is 0.974. The fourth-order valence-corrected chi connectivity index (χ4v) is 0.974. The quantitative estimate of drug-likeness (QED) is 0.425. The Bertz CT molecular complexity index is 269. The minimum Gasteiger partial charge on any atom is -0.497 e. The Balaban J connectivity index is 2.32. The maximum absolute atomic E-state index is 5.17. The average molecular weight is 193 g/mol. The van der Waals surface area contributed by atoms with Gasteiger partial charge in [0.05, 0.1) is 13.7 Å². The van der Waals surface area contributed by atoms with Crippen molar-refractivity contribution in [3.63, 3.8) is 0 Å². The molecule has 0 saturated heterocycles. The second-order valence-electron chi connectivity index (χ2n) is 2.77. The first-order chi connectivity index (χ1) is 6.86. The molecule has 0 amide bonds. The van der Waals surface area contributed by atoms with Gasteiger partial charge < -0.3 is 4.74 Å². The predicted molar refractivity (Wildman–Crippen MR) is 56.0 cm³/mol. The van der Waals surface area contributed by atoms with Crippen LogP contribution in [0.4, 0.5) is 0 Å². The zero-order chi connectivity index (χ0) is 10.2. The number of nitrogens with one attached hydrogen (secondary N) is 1. The number of ether oxygens (including phenoxy) is 1. The van der Waals surface area contributed by atoms with Gasteiger partial charge in [-0.2, -0.15) is 5.48 Å². The van der Waals surface area contributed by atoms with Gasteiger partial charge in [0.25, 0.3) is 0 Å². The SMILES string of the molecule is C=CCNOCc1ccc(OC)cc1. The lowest BCUT2D eigenvalue weighted by atomic mass is 10.2. The van der Waals surface area contributed by atoms with Gasteiger partial charge in [0.2, 0.25) is 0 Å². The first kappa shape index (κ1) is 10.8. The Morgan fingerprint density at radius 1 is 1.36 bits per heavy atom. The molecule has 0 aromatic heterocycles. The van der Waals surface area contributed by atoms with Crippen LogP contribution >= 0.6 is 0 Å². The Morgan fingerprint density at radius 2 is 2.07 bits per heavy atom. The molecule has 0 saturated carbocycles. The third-order valence-electron chi connectivity index (χ3n) is 1.73. The Hall–Kier alpha value is -1.32. The van der Waals surface area contributed by atoms with E-state index in [1.165, 1.54) is 0 Å². The Labute approximate surface area is 84.3 Å². The van der Waals surface area contributed by atoms with Crippen molar-refractivity contribution in [2.45, 2.75) is 6.61 Å². The van der Waals surface area contributed by atoms with Gasteiger partial charge in [0.1, 0.15) is 5.75 Å². The van der Waals surface area contributed by atoms with Crippen molar-refractivity contribution in [3.05, 3.63) is 42.5 Å². The highest BCUT2D eigenvalue weighted by atomic mass is 16.6. The second kappa shape index (κ2) is 6.18. The fraction of sp³-hybridized carbons (Fsp3) is 0.273. The van der Waals surface area contributed by atoms with Crippen LogP contribution in [0.15, 0.2) is 36.9 Å². The lowest BCUT2D eigenvalue weighted by molar-refractivity contribution is 0.0352. The van der Waals surface area contributed by atoms with Gasteiger partial charge in [0, 0.05) is 6.54 Å². The first-order valence-corrected chi connectivity index (χ1v) is 4.45. The zero-order valence-corrected chi connectivity index (χ0v) is 8.32. The summed E-state index contributed by atoms with van der Waals surface area (Å²) in [5.41, 5.74) is 3.86. The van der Waals surface area contributed by atoms with Crippen molar-refractivity contribution in [2.75, 3.05) is 13.7 Å². The highest BCUT2D eigenvalue weighted by molar-refractivity contribution is 5.26. The standard InChI is InChI=1S/C11H15NO2/c1-3-8-12-14-9-10-4-6-11(13-2)7-5-10/h3-7,12H,1,8-9H2,2H3. The molecule has 0 fully saturated rings. The molecule has 3 nitrogen and oxygen atoms in total. The molecule has 0 aliphatic rings. The Morgan fingerprint density at radius 3 is 2.64 bits per heavy atom. The van der Waals surface area contributed by atoms with Gasteiger partial charge in [-0.05, 0) is 17.7 Å². The van der Waals surface area contributed by atoms with E-state index in [9.17, 15) is 0 Å². The highest BCUT2D eigenvalue weighted by Crippen LogP contribution is 2.11. The normalized spacial score (nSPS) is 9.79. The van der Waals surface area contributed by atoms with E-state index in [2.05, 4.69) is 12.1 Å². The molecule has 14 heavy (non-hydrogen) atoms. The van der Waals surface area contributed by atoms with Crippen molar-refractivity contribution >= 4 is 0 Å². The maximum atomic E-state index is 5.17. The molecule has 0 atom stereocenters. The van der Waals surface area contributed by atoms with Crippen molar-refractivity contribution in [2.24, 2.45) is 0 Å². The number of rotatable bonds is 6. The average Bonchev–Trinajstić information content (AvgIpc) is 2.25. The molecular weight excluding hydrogens is 178 g/mol. The van der Waals surface area contributed by atoms with E-state index in [4.69, 9.17) is 9.57 Å². The monoisotopic (exact) mass is 193 g/mol. The summed E-state index contributed by atoms with van der Waals surface area (Å²) in [6.07, 6.45) is 1.74. The minimum atomic E-state index is 0.540. The van der Waals surface area contributed by atoms with Crippen molar-refractivity contribution in [1.29, 1.82) is 0 Å². The summed E-state index contributed by atoms with van der Waals surface area (Å²) >= 11 is 0. The lowest BCUT2D eigenvalue weighted by Gasteiger charge is -2.04. The lowest BCUT2D eigenvalue weighted by Crippen LogP contribution is -2.13. The van der Waals surface area contributed by atoms with E-state index in [-0.39, 0.29) is 0 Å². The van der Waals surface area contributed by atoms with Crippen LogP contribution in [0.1, 0.15) is 5.56 Å². The smallest absolute Gasteiger partial charge is 0.118 e. The molecule has 0 radical (unpaired) electrons. The molecule has 0 spiro atoms. The maximum Gasteiger partial charge on any atom is 0.118 e. The molecular formula is C11H15NO2. The summed E-state index contributed by atoms with van der Waals surface area (Å²) in [6.45, 7) is 4.76. The van der Waals surface area contributed by atoms with Crippen LogP contribution < -0.4 is 10.2 Å². The van der Waals surface area contributed by atoms with Gasteiger partial charge in [-0.1, -0.05) is 18.2 Å². The molecule has 1 aromatic rings. The Kier molecular flexibility index (Phi) is 4.75. The largest absolute Gasteiger partial charge is 0.497 e. The van der Waals surface area contributed by atoms with Crippen LogP contribution in [0.5, 0.6) is 5.75 Å². The van der Waals surface area contributed by atoms with Crippen LogP contribution in [0.2, 0.25) is 0 Å². The van der Waals surface area contributed by atoms with E-state index in [1.807, 2.05) is 24.3 Å². The van der Waals surface area contributed by atoms with Crippen LogP contribution in [0, 0.1) is 0 Å². The molecule has 0 aliphatic carbocycles. The summed E-state index contributed by atoms with van der Waals surface area (Å²) in [4.78, 5) is 5.17. The summed E-state index contributed by atoms with van der Waals surface area (Å²) in [5, 5.41) is 0. The summed E-state index contributed by atoms with van der Waals surface area (Å²) in [5.74, 6) is 0.854. The number of hydroxylamine groups is 1. The van der Waals surface area contributed by atoms with E-state index in [0.29, 0.717) is 13.2 Å². The van der Waals surface area contributed by atoms with Gasteiger partial charge in [0.15, 0.2) is 0 Å². The highest BCUT2D eigenvalue weighted by Gasteiger charge is 1.93. The summed E-state index contributed by atoms with van der Waals surface area (Å²) < 4.78 is 5.04. The molecule has 1 rings (SSSR count). The number of methoxy groups -OCH3 is 1. The zero-order valence-electron chi connectivity index (χ0n) is 8.32. The third kappa shape index (κ3) is 3.60. The molecule has 1 N–H and O–H groups in total. The molecule has 1 aromatic carbocycles. The van der Waals surface area contributed by atoms with E-state index < -0.39 is 0 Å². The van der Waals surface area contributed by atoms with E-state index in [0.717, 1.165) is 11.3 Å². The molecule has 3 heteroatoms. The number of hydrogen-bond acceptors (Lipinski definition) is 3. The first-order valence-electron chi connectivity index (χ1n) is 4.45. The van der Waals surface area contributed by atoms with Gasteiger partial charge in [-0.25, -0.2) is 0 Å². The molecule has 0 bridgehead atoms. The second-order valence-corrected chi connectivity index (χ2v) is 2.77. The number of benzene rings is 1. The third-order valence-corrected chi connectivity index (χ3v) is 1.73. The van der Waals surface area contributed by atoms with E-state index >= 15 is 0 Å². The predicted octanol–water partition coefficient (Wildman–Crippen LogP) is 1.90. The van der Waals surface area contributed by atoms with Crippen molar-refractivity contribution in [1.82, 2.24) is 5.48 Å². The van der Waals surface area contributed by atoms with Crippen LogP contribution in [0.25, 0.3) is 0 Å². The van der Waals surface area contributed by atoms with Crippen LogP contribution in [-0.2, 0) is 11.4 Å². The molecule has 76 valence electrons. The molecule has 0 aliphatic heterocycles. The van der Waals surface area contributed by atoms with Gasteiger partial charge in [-0.3, -0.25) is 4.84 Å². The van der Waals surface area contributed by atoms with Crippen LogP contribution in [0.3, 0.4) is 0 Å². The van der Waals surface area contributed by atoms with Crippen molar-refractivity contribution in [3.8, 4) is 5.75 Å². The molecule has 0 heterocycles. The summed E-state index contributed by atoms with van der Waals surface area (Å²) in [7, 11) is 1.65.